The third-order valence-electron chi connectivity index (χ3n) is 3.58. The van der Waals surface area contributed by atoms with Gasteiger partial charge in [-0.2, -0.15) is 0 Å². The first kappa shape index (κ1) is 10.4. The lowest BCUT2D eigenvalue weighted by Gasteiger charge is -2.23. The fraction of sp³-hybridized carbons (Fsp3) is 1.00. The highest BCUT2D eigenvalue weighted by atomic mass is 15.3. The molecule has 2 rings (SSSR count). The summed E-state index contributed by atoms with van der Waals surface area (Å²) < 4.78 is 0. The summed E-state index contributed by atoms with van der Waals surface area (Å²) in [7, 11) is 2.04. The third kappa shape index (κ3) is 2.47. The Labute approximate surface area is 87.4 Å². The van der Waals surface area contributed by atoms with Crippen LogP contribution in [0.3, 0.4) is 0 Å². The summed E-state index contributed by atoms with van der Waals surface area (Å²) in [6, 6.07) is 0.870. The first-order chi connectivity index (χ1) is 6.90. The number of hydrogen-bond donors (Lipinski definition) is 1. The van der Waals surface area contributed by atoms with Crippen LogP contribution in [0.1, 0.15) is 19.3 Å². The Morgan fingerprint density at radius 2 is 2.00 bits per heavy atom. The van der Waals surface area contributed by atoms with Gasteiger partial charge in [0, 0.05) is 25.7 Å². The Balaban J connectivity index is 1.71. The summed E-state index contributed by atoms with van der Waals surface area (Å²) in [5.41, 5.74) is 0. The molecule has 0 radical (unpaired) electrons. The fourth-order valence-electron chi connectivity index (χ4n) is 2.69. The molecule has 0 saturated carbocycles. The number of hydrogen-bond acceptors (Lipinski definition) is 3. The average molecular weight is 197 g/mol. The van der Waals surface area contributed by atoms with E-state index >= 15 is 0 Å². The predicted molar refractivity (Wildman–Crippen MR) is 59.6 cm³/mol. The Bertz CT molecular complexity index is 166. The van der Waals surface area contributed by atoms with Crippen molar-refractivity contribution in [3.05, 3.63) is 0 Å². The summed E-state index contributed by atoms with van der Waals surface area (Å²) in [5.74, 6) is 0. The molecule has 0 aliphatic carbocycles. The predicted octanol–water partition coefficient (Wildman–Crippen LogP) is 0.376. The molecule has 0 aromatic heterocycles. The van der Waals surface area contributed by atoms with Crippen molar-refractivity contribution in [2.75, 3.05) is 46.3 Å². The number of nitrogens with one attached hydrogen (secondary N) is 1. The van der Waals surface area contributed by atoms with Gasteiger partial charge in [-0.3, -0.25) is 4.90 Å². The molecular formula is C11H23N3. The highest BCUT2D eigenvalue weighted by molar-refractivity contribution is 4.85. The molecular weight excluding hydrogens is 174 g/mol. The van der Waals surface area contributed by atoms with Gasteiger partial charge in [0.1, 0.15) is 0 Å². The van der Waals surface area contributed by atoms with Crippen LogP contribution in [0.2, 0.25) is 0 Å². The first-order valence-electron chi connectivity index (χ1n) is 6.01. The molecule has 1 atom stereocenters. The van der Waals surface area contributed by atoms with Crippen molar-refractivity contribution in [2.24, 2.45) is 0 Å². The molecule has 0 amide bonds. The van der Waals surface area contributed by atoms with Crippen LogP contribution in [0.15, 0.2) is 0 Å². The molecule has 3 heteroatoms. The lowest BCUT2D eigenvalue weighted by Crippen LogP contribution is -2.36. The highest BCUT2D eigenvalue weighted by Gasteiger charge is 2.28. The van der Waals surface area contributed by atoms with Crippen LogP contribution in [-0.2, 0) is 0 Å². The molecule has 0 aromatic carbocycles. The van der Waals surface area contributed by atoms with Gasteiger partial charge in [-0.25, -0.2) is 0 Å². The van der Waals surface area contributed by atoms with Gasteiger partial charge in [-0.05, 0) is 45.9 Å². The largest absolute Gasteiger partial charge is 0.318 e. The molecule has 1 N–H and O–H groups in total. The third-order valence-corrected chi connectivity index (χ3v) is 3.58. The monoisotopic (exact) mass is 197 g/mol. The average Bonchev–Trinajstić information content (AvgIpc) is 2.85. The maximum Gasteiger partial charge on any atom is 0.0235 e. The quantitative estimate of drug-likeness (QED) is 0.703. The van der Waals surface area contributed by atoms with Gasteiger partial charge in [0.15, 0.2) is 0 Å². The van der Waals surface area contributed by atoms with Gasteiger partial charge in [-0.1, -0.05) is 0 Å². The minimum absolute atomic E-state index is 0.870. The van der Waals surface area contributed by atoms with E-state index in [0.717, 1.165) is 12.6 Å². The Kier molecular flexibility index (Phi) is 3.79. The molecule has 0 bridgehead atoms. The van der Waals surface area contributed by atoms with Gasteiger partial charge in [0.25, 0.3) is 0 Å². The van der Waals surface area contributed by atoms with Crippen LogP contribution < -0.4 is 5.32 Å². The van der Waals surface area contributed by atoms with Crippen LogP contribution in [0.4, 0.5) is 0 Å². The van der Waals surface area contributed by atoms with E-state index in [1.54, 1.807) is 0 Å². The zero-order chi connectivity index (χ0) is 9.80. The summed E-state index contributed by atoms with van der Waals surface area (Å²) >= 11 is 0. The minimum Gasteiger partial charge on any atom is -0.318 e. The van der Waals surface area contributed by atoms with E-state index in [0.29, 0.717) is 0 Å². The SMILES string of the molecule is CNCCN1CCC(N2CCCC2)C1. The van der Waals surface area contributed by atoms with Gasteiger partial charge < -0.3 is 10.2 Å². The number of rotatable bonds is 4. The van der Waals surface area contributed by atoms with Crippen LogP contribution in [-0.4, -0.2) is 62.2 Å². The standard InChI is InChI=1S/C11H23N3/c1-12-5-9-13-8-4-11(10-13)14-6-2-3-7-14/h11-12H,2-10H2,1H3. The lowest BCUT2D eigenvalue weighted by atomic mass is 10.2. The first-order valence-corrected chi connectivity index (χ1v) is 6.01. The van der Waals surface area contributed by atoms with E-state index in [1.807, 2.05) is 7.05 Å². The maximum absolute atomic E-state index is 3.22. The van der Waals surface area contributed by atoms with E-state index in [2.05, 4.69) is 15.1 Å². The summed E-state index contributed by atoms with van der Waals surface area (Å²) in [6.07, 6.45) is 4.24. The van der Waals surface area contributed by atoms with Crippen LogP contribution in [0, 0.1) is 0 Å². The zero-order valence-corrected chi connectivity index (χ0v) is 9.34. The molecule has 2 heterocycles. The molecule has 2 aliphatic heterocycles. The topological polar surface area (TPSA) is 18.5 Å². The van der Waals surface area contributed by atoms with Crippen LogP contribution in [0.25, 0.3) is 0 Å². The van der Waals surface area contributed by atoms with Gasteiger partial charge >= 0.3 is 0 Å². The normalized spacial score (nSPS) is 30.2. The van der Waals surface area contributed by atoms with Crippen LogP contribution >= 0.6 is 0 Å². The second-order valence-electron chi connectivity index (χ2n) is 4.59. The maximum atomic E-state index is 3.22. The van der Waals surface area contributed by atoms with Crippen molar-refractivity contribution in [2.45, 2.75) is 25.3 Å². The molecule has 2 fully saturated rings. The van der Waals surface area contributed by atoms with Crippen molar-refractivity contribution >= 4 is 0 Å². The number of likely N-dealkylation sites (tertiary alicyclic amines) is 2. The van der Waals surface area contributed by atoms with Crippen molar-refractivity contribution in [3.8, 4) is 0 Å². The molecule has 82 valence electrons. The van der Waals surface area contributed by atoms with Gasteiger partial charge in [-0.15, -0.1) is 0 Å². The van der Waals surface area contributed by atoms with Crippen molar-refractivity contribution < 1.29 is 0 Å². The smallest absolute Gasteiger partial charge is 0.0235 e. The Morgan fingerprint density at radius 3 is 2.71 bits per heavy atom. The second kappa shape index (κ2) is 5.10. The molecule has 3 nitrogen and oxygen atoms in total. The molecule has 14 heavy (non-hydrogen) atoms. The van der Waals surface area contributed by atoms with E-state index in [9.17, 15) is 0 Å². The van der Waals surface area contributed by atoms with Crippen LogP contribution in [0.5, 0.6) is 0 Å². The fourth-order valence-corrected chi connectivity index (χ4v) is 2.69. The second-order valence-corrected chi connectivity index (χ2v) is 4.59. The van der Waals surface area contributed by atoms with Gasteiger partial charge in [0.2, 0.25) is 0 Å². The van der Waals surface area contributed by atoms with E-state index in [1.165, 1.54) is 52.0 Å². The molecule has 2 saturated heterocycles. The Morgan fingerprint density at radius 1 is 1.21 bits per heavy atom. The van der Waals surface area contributed by atoms with Crippen molar-refractivity contribution in [3.63, 3.8) is 0 Å². The van der Waals surface area contributed by atoms with E-state index < -0.39 is 0 Å². The number of likely N-dealkylation sites (N-methyl/N-ethyl adjacent to an activating group) is 1. The Hall–Kier alpha value is -0.120. The summed E-state index contributed by atoms with van der Waals surface area (Å²) in [6.45, 7) is 7.67. The zero-order valence-electron chi connectivity index (χ0n) is 9.34. The summed E-state index contributed by atoms with van der Waals surface area (Å²) in [4.78, 5) is 5.29. The minimum atomic E-state index is 0.870. The van der Waals surface area contributed by atoms with Crippen molar-refractivity contribution in [1.82, 2.24) is 15.1 Å². The van der Waals surface area contributed by atoms with E-state index in [4.69, 9.17) is 0 Å². The van der Waals surface area contributed by atoms with E-state index in [-0.39, 0.29) is 0 Å². The molecule has 0 spiro atoms. The van der Waals surface area contributed by atoms with Crippen molar-refractivity contribution in [1.29, 1.82) is 0 Å². The molecule has 2 aliphatic rings. The molecule has 0 aromatic rings. The number of nitrogens with zero attached hydrogens (tertiary/aromatic N) is 2. The summed E-state index contributed by atoms with van der Waals surface area (Å²) in [5, 5.41) is 3.22. The lowest BCUT2D eigenvalue weighted by molar-refractivity contribution is 0.233. The highest BCUT2D eigenvalue weighted by Crippen LogP contribution is 2.19. The molecule has 1 unspecified atom stereocenters. The van der Waals surface area contributed by atoms with Gasteiger partial charge in [0.05, 0.1) is 0 Å².